The van der Waals surface area contributed by atoms with E-state index in [9.17, 15) is 0 Å². The Morgan fingerprint density at radius 2 is 1.90 bits per heavy atom. The van der Waals surface area contributed by atoms with Crippen molar-refractivity contribution in [1.29, 1.82) is 0 Å². The molecule has 0 fully saturated rings. The molecule has 0 atom stereocenters. The minimum absolute atomic E-state index is 0.580. The zero-order valence-corrected chi connectivity index (χ0v) is 12.6. The molecule has 3 rings (SSSR count). The molecular weight excluding hydrogens is 295 g/mol. The van der Waals surface area contributed by atoms with E-state index in [1.807, 2.05) is 16.8 Å². The Morgan fingerprint density at radius 3 is 2.70 bits per heavy atom. The molecule has 106 valence electrons. The van der Waals surface area contributed by atoms with Crippen molar-refractivity contribution >= 4 is 28.9 Å². The number of benzene rings is 1. The fourth-order valence-electron chi connectivity index (χ4n) is 2.42. The molecule has 0 radical (unpaired) electrons. The molecule has 0 saturated heterocycles. The summed E-state index contributed by atoms with van der Waals surface area (Å²) in [6.45, 7) is 1.56. The maximum absolute atomic E-state index is 5.97. The van der Waals surface area contributed by atoms with Gasteiger partial charge in [0.25, 0.3) is 0 Å². The molecule has 0 saturated carbocycles. The van der Waals surface area contributed by atoms with Gasteiger partial charge in [0.2, 0.25) is 0 Å². The van der Waals surface area contributed by atoms with Gasteiger partial charge < -0.3 is 5.32 Å². The highest BCUT2D eigenvalue weighted by atomic mass is 35.5. The van der Waals surface area contributed by atoms with Crippen molar-refractivity contribution in [2.75, 3.05) is 5.32 Å². The molecule has 20 heavy (non-hydrogen) atoms. The average Bonchev–Trinajstić information content (AvgIpc) is 2.65. The Labute approximate surface area is 128 Å². The van der Waals surface area contributed by atoms with Crippen molar-refractivity contribution in [2.45, 2.75) is 38.8 Å². The van der Waals surface area contributed by atoms with E-state index in [0.717, 1.165) is 30.3 Å². The van der Waals surface area contributed by atoms with E-state index in [4.69, 9.17) is 23.2 Å². The summed E-state index contributed by atoms with van der Waals surface area (Å²) in [5, 5.41) is 9.05. The van der Waals surface area contributed by atoms with E-state index in [0.29, 0.717) is 16.6 Å². The van der Waals surface area contributed by atoms with Crippen LogP contribution in [0.4, 0.5) is 5.69 Å². The molecule has 1 N–H and O–H groups in total. The third-order valence-electron chi connectivity index (χ3n) is 3.38. The van der Waals surface area contributed by atoms with Crippen molar-refractivity contribution in [1.82, 2.24) is 14.8 Å². The summed E-state index contributed by atoms with van der Waals surface area (Å²) in [6, 6.07) is 5.40. The van der Waals surface area contributed by atoms with E-state index >= 15 is 0 Å². The topological polar surface area (TPSA) is 42.7 Å². The number of aromatic nitrogens is 3. The lowest BCUT2D eigenvalue weighted by Gasteiger charge is -2.05. The number of anilines is 1. The SMILES string of the molecule is Clc1cc(Cl)cc(NCc2nc3n(n2)CCCCC3)c1. The zero-order chi connectivity index (χ0) is 13.9. The lowest BCUT2D eigenvalue weighted by Crippen LogP contribution is -2.04. The molecule has 0 amide bonds. The Balaban J connectivity index is 1.69. The second-order valence-electron chi connectivity index (χ2n) is 4.99. The van der Waals surface area contributed by atoms with Crippen LogP contribution in [0.25, 0.3) is 0 Å². The predicted molar refractivity (Wildman–Crippen MR) is 81.4 cm³/mol. The summed E-state index contributed by atoms with van der Waals surface area (Å²) < 4.78 is 2.04. The minimum atomic E-state index is 0.580. The van der Waals surface area contributed by atoms with Crippen LogP contribution in [0.2, 0.25) is 10.0 Å². The molecule has 1 aromatic carbocycles. The maximum Gasteiger partial charge on any atom is 0.169 e. The molecule has 0 unspecified atom stereocenters. The van der Waals surface area contributed by atoms with Gasteiger partial charge in [-0.05, 0) is 31.0 Å². The minimum Gasteiger partial charge on any atom is -0.378 e. The third kappa shape index (κ3) is 3.25. The van der Waals surface area contributed by atoms with Crippen LogP contribution in [-0.2, 0) is 19.5 Å². The van der Waals surface area contributed by atoms with Gasteiger partial charge in [0.1, 0.15) is 5.82 Å². The number of hydrogen-bond acceptors (Lipinski definition) is 3. The van der Waals surface area contributed by atoms with Gasteiger partial charge in [-0.15, -0.1) is 0 Å². The van der Waals surface area contributed by atoms with Gasteiger partial charge in [-0.2, -0.15) is 5.10 Å². The van der Waals surface area contributed by atoms with Crippen LogP contribution in [0.15, 0.2) is 18.2 Å². The molecule has 1 aromatic heterocycles. The Bertz CT molecular complexity index is 565. The molecule has 1 aliphatic rings. The Hall–Kier alpha value is -1.26. The second kappa shape index (κ2) is 6.02. The predicted octanol–water partition coefficient (Wildman–Crippen LogP) is 3.92. The molecule has 1 aliphatic heterocycles. The smallest absolute Gasteiger partial charge is 0.169 e. The highest BCUT2D eigenvalue weighted by Crippen LogP contribution is 2.22. The number of nitrogens with one attached hydrogen (secondary N) is 1. The number of aryl methyl sites for hydroxylation is 2. The van der Waals surface area contributed by atoms with Gasteiger partial charge in [0.15, 0.2) is 5.82 Å². The number of rotatable bonds is 3. The van der Waals surface area contributed by atoms with Gasteiger partial charge in [0.05, 0.1) is 6.54 Å². The lowest BCUT2D eigenvalue weighted by atomic mass is 10.2. The highest BCUT2D eigenvalue weighted by molar-refractivity contribution is 6.35. The lowest BCUT2D eigenvalue weighted by molar-refractivity contribution is 0.570. The van der Waals surface area contributed by atoms with Gasteiger partial charge in [0, 0.05) is 28.7 Å². The highest BCUT2D eigenvalue weighted by Gasteiger charge is 2.12. The van der Waals surface area contributed by atoms with Crippen LogP contribution in [0.5, 0.6) is 0 Å². The first-order chi connectivity index (χ1) is 9.70. The first-order valence-corrected chi connectivity index (χ1v) is 7.59. The van der Waals surface area contributed by atoms with E-state index < -0.39 is 0 Å². The average molecular weight is 311 g/mol. The van der Waals surface area contributed by atoms with Crippen molar-refractivity contribution in [3.05, 3.63) is 39.9 Å². The van der Waals surface area contributed by atoms with E-state index in [1.54, 1.807) is 6.07 Å². The van der Waals surface area contributed by atoms with Crippen molar-refractivity contribution in [2.24, 2.45) is 0 Å². The van der Waals surface area contributed by atoms with Crippen molar-refractivity contribution in [3.8, 4) is 0 Å². The quantitative estimate of drug-likeness (QED) is 0.934. The summed E-state index contributed by atoms with van der Waals surface area (Å²) >= 11 is 11.9. The van der Waals surface area contributed by atoms with Crippen LogP contribution >= 0.6 is 23.2 Å². The standard InChI is InChI=1S/C14H16Cl2N4/c15-10-6-11(16)8-12(7-10)17-9-13-18-14-4-2-1-3-5-20(14)19-13/h6-8,17H,1-5,9H2. The molecule has 0 bridgehead atoms. The van der Waals surface area contributed by atoms with Gasteiger partial charge in [-0.25, -0.2) is 9.67 Å². The third-order valence-corrected chi connectivity index (χ3v) is 3.81. The Morgan fingerprint density at radius 1 is 1.10 bits per heavy atom. The normalized spacial score (nSPS) is 14.7. The van der Waals surface area contributed by atoms with Crippen LogP contribution in [0.1, 0.15) is 30.9 Å². The van der Waals surface area contributed by atoms with Gasteiger partial charge in [-0.3, -0.25) is 0 Å². The summed E-state index contributed by atoms with van der Waals surface area (Å²) in [5.74, 6) is 1.92. The summed E-state index contributed by atoms with van der Waals surface area (Å²) in [7, 11) is 0. The summed E-state index contributed by atoms with van der Waals surface area (Å²) in [6.07, 6.45) is 4.68. The monoisotopic (exact) mass is 310 g/mol. The summed E-state index contributed by atoms with van der Waals surface area (Å²) in [5.41, 5.74) is 0.882. The van der Waals surface area contributed by atoms with Gasteiger partial charge >= 0.3 is 0 Å². The van der Waals surface area contributed by atoms with Crippen molar-refractivity contribution in [3.63, 3.8) is 0 Å². The van der Waals surface area contributed by atoms with Crippen LogP contribution in [0, 0.1) is 0 Å². The van der Waals surface area contributed by atoms with E-state index in [2.05, 4.69) is 15.4 Å². The molecule has 6 heteroatoms. The first kappa shape index (κ1) is 13.7. The molecule has 2 aromatic rings. The number of halogens is 2. The fourth-order valence-corrected chi connectivity index (χ4v) is 2.95. The van der Waals surface area contributed by atoms with E-state index in [-0.39, 0.29) is 0 Å². The Kier molecular flexibility index (Phi) is 4.13. The fraction of sp³-hybridized carbons (Fsp3) is 0.429. The zero-order valence-electron chi connectivity index (χ0n) is 11.1. The second-order valence-corrected chi connectivity index (χ2v) is 5.86. The molecular formula is C14H16Cl2N4. The largest absolute Gasteiger partial charge is 0.378 e. The van der Waals surface area contributed by atoms with Crippen LogP contribution in [-0.4, -0.2) is 14.8 Å². The summed E-state index contributed by atoms with van der Waals surface area (Å²) in [4.78, 5) is 4.59. The van der Waals surface area contributed by atoms with Gasteiger partial charge in [-0.1, -0.05) is 29.6 Å². The van der Waals surface area contributed by atoms with Crippen LogP contribution in [0.3, 0.4) is 0 Å². The number of hydrogen-bond donors (Lipinski definition) is 1. The maximum atomic E-state index is 5.97. The molecule has 0 aliphatic carbocycles. The first-order valence-electron chi connectivity index (χ1n) is 6.83. The van der Waals surface area contributed by atoms with Crippen molar-refractivity contribution < 1.29 is 0 Å². The number of nitrogens with zero attached hydrogens (tertiary/aromatic N) is 3. The molecule has 4 nitrogen and oxygen atoms in total. The molecule has 0 spiro atoms. The van der Waals surface area contributed by atoms with E-state index in [1.165, 1.54) is 19.3 Å². The molecule has 2 heterocycles. The van der Waals surface area contributed by atoms with Crippen LogP contribution < -0.4 is 5.32 Å². The number of fused-ring (bicyclic) bond motifs is 1.